The summed E-state index contributed by atoms with van der Waals surface area (Å²) in [6.07, 6.45) is 4.95. The summed E-state index contributed by atoms with van der Waals surface area (Å²) < 4.78 is 6.88. The summed E-state index contributed by atoms with van der Waals surface area (Å²) in [5.41, 5.74) is 1.16. The van der Waals surface area contributed by atoms with Crippen LogP contribution in [0.5, 0.6) is 0 Å². The summed E-state index contributed by atoms with van der Waals surface area (Å²) in [7, 11) is 1.78. The molecule has 2 aromatic heterocycles. The van der Waals surface area contributed by atoms with Crippen LogP contribution in [0.25, 0.3) is 0 Å². The average molecular weight is 320 g/mol. The van der Waals surface area contributed by atoms with Gasteiger partial charge in [-0.25, -0.2) is 0 Å². The van der Waals surface area contributed by atoms with Gasteiger partial charge < -0.3 is 14.9 Å². The van der Waals surface area contributed by atoms with Crippen molar-refractivity contribution in [1.82, 2.24) is 20.3 Å². The summed E-state index contributed by atoms with van der Waals surface area (Å²) in [5.74, 6) is 0.581. The number of amides is 1. The fourth-order valence-corrected chi connectivity index (χ4v) is 2.43. The van der Waals surface area contributed by atoms with Crippen LogP contribution in [0.15, 0.2) is 16.9 Å². The highest BCUT2D eigenvalue weighted by Crippen LogP contribution is 2.19. The van der Waals surface area contributed by atoms with Gasteiger partial charge in [-0.15, -0.1) is 0 Å². The Bertz CT molecular complexity index is 651. The third kappa shape index (κ3) is 3.98. The standard InChI is InChI=1S/C16H24N4O3/c1-5-13-12(14(6-2)23-19-13)7-15(21)17-10-16(3,22)11-8-18-20(4)9-11/h8-9,22H,5-7,10H2,1-4H3,(H,17,21). The smallest absolute Gasteiger partial charge is 0.224 e. The number of nitrogens with zero attached hydrogens (tertiary/aromatic N) is 3. The monoisotopic (exact) mass is 320 g/mol. The van der Waals surface area contributed by atoms with E-state index < -0.39 is 5.60 Å². The quantitative estimate of drug-likeness (QED) is 0.797. The zero-order valence-corrected chi connectivity index (χ0v) is 14.1. The van der Waals surface area contributed by atoms with E-state index in [4.69, 9.17) is 4.52 Å². The minimum absolute atomic E-state index is 0.117. The normalized spacial score (nSPS) is 13.8. The molecule has 23 heavy (non-hydrogen) atoms. The van der Waals surface area contributed by atoms with Gasteiger partial charge in [0.2, 0.25) is 5.91 Å². The number of carbonyl (C=O) groups is 1. The number of hydrogen-bond donors (Lipinski definition) is 2. The lowest BCUT2D eigenvalue weighted by Gasteiger charge is -2.22. The van der Waals surface area contributed by atoms with Gasteiger partial charge in [0.25, 0.3) is 0 Å². The molecule has 0 aliphatic rings. The molecule has 1 amide bonds. The van der Waals surface area contributed by atoms with Gasteiger partial charge in [-0.3, -0.25) is 9.48 Å². The molecule has 1 unspecified atom stereocenters. The molecule has 2 N–H and O–H groups in total. The zero-order valence-electron chi connectivity index (χ0n) is 14.1. The molecule has 7 nitrogen and oxygen atoms in total. The van der Waals surface area contributed by atoms with Crippen LogP contribution in [0.1, 0.15) is 43.4 Å². The van der Waals surface area contributed by atoms with Crippen molar-refractivity contribution in [2.45, 2.75) is 45.6 Å². The third-order valence-electron chi connectivity index (χ3n) is 3.90. The van der Waals surface area contributed by atoms with Crippen molar-refractivity contribution in [2.24, 2.45) is 7.05 Å². The molecule has 0 aliphatic heterocycles. The maximum absolute atomic E-state index is 12.2. The van der Waals surface area contributed by atoms with E-state index in [9.17, 15) is 9.90 Å². The van der Waals surface area contributed by atoms with E-state index >= 15 is 0 Å². The van der Waals surface area contributed by atoms with Crippen LogP contribution in [0.4, 0.5) is 0 Å². The van der Waals surface area contributed by atoms with Gasteiger partial charge in [-0.2, -0.15) is 5.10 Å². The van der Waals surface area contributed by atoms with E-state index in [0.29, 0.717) is 12.0 Å². The molecule has 0 spiro atoms. The van der Waals surface area contributed by atoms with Gasteiger partial charge in [-0.1, -0.05) is 19.0 Å². The van der Waals surface area contributed by atoms with E-state index in [-0.39, 0.29) is 18.9 Å². The Hall–Kier alpha value is -2.15. The second-order valence-corrected chi connectivity index (χ2v) is 5.87. The molecule has 1 atom stereocenters. The molecule has 0 saturated heterocycles. The van der Waals surface area contributed by atoms with E-state index in [0.717, 1.165) is 23.4 Å². The molecule has 0 aliphatic carbocycles. The van der Waals surface area contributed by atoms with Crippen LogP contribution in [-0.2, 0) is 36.7 Å². The number of carbonyl (C=O) groups excluding carboxylic acids is 1. The molecular formula is C16H24N4O3. The molecule has 2 heterocycles. The van der Waals surface area contributed by atoms with Crippen LogP contribution in [0.2, 0.25) is 0 Å². The predicted molar refractivity (Wildman–Crippen MR) is 84.8 cm³/mol. The predicted octanol–water partition coefficient (Wildman–Crippen LogP) is 1.10. The second-order valence-electron chi connectivity index (χ2n) is 5.87. The number of aryl methyl sites for hydroxylation is 3. The highest BCUT2D eigenvalue weighted by molar-refractivity contribution is 5.79. The van der Waals surface area contributed by atoms with Crippen LogP contribution in [-0.4, -0.2) is 32.5 Å². The number of aromatic nitrogens is 3. The number of nitrogens with one attached hydrogen (secondary N) is 1. The van der Waals surface area contributed by atoms with Gasteiger partial charge in [0, 0.05) is 30.8 Å². The Morgan fingerprint density at radius 2 is 2.17 bits per heavy atom. The lowest BCUT2D eigenvalue weighted by molar-refractivity contribution is -0.121. The Morgan fingerprint density at radius 1 is 1.43 bits per heavy atom. The highest BCUT2D eigenvalue weighted by atomic mass is 16.5. The topological polar surface area (TPSA) is 93.2 Å². The molecule has 0 aromatic carbocycles. The lowest BCUT2D eigenvalue weighted by atomic mass is 9.99. The summed E-state index contributed by atoms with van der Waals surface area (Å²) in [6, 6.07) is 0. The molecule has 0 radical (unpaired) electrons. The zero-order chi connectivity index (χ0) is 17.0. The van der Waals surface area contributed by atoms with E-state index in [1.54, 1.807) is 31.0 Å². The van der Waals surface area contributed by atoms with Crippen LogP contribution < -0.4 is 5.32 Å². The molecule has 0 fully saturated rings. The minimum Gasteiger partial charge on any atom is -0.383 e. The fraction of sp³-hybridized carbons (Fsp3) is 0.562. The van der Waals surface area contributed by atoms with Crippen molar-refractivity contribution in [1.29, 1.82) is 0 Å². The molecular weight excluding hydrogens is 296 g/mol. The molecule has 2 rings (SSSR count). The third-order valence-corrected chi connectivity index (χ3v) is 3.90. The summed E-state index contributed by atoms with van der Waals surface area (Å²) in [6.45, 7) is 5.71. The summed E-state index contributed by atoms with van der Waals surface area (Å²) in [4.78, 5) is 12.2. The van der Waals surface area contributed by atoms with Gasteiger partial charge in [0.05, 0.1) is 24.9 Å². The van der Waals surface area contributed by atoms with Gasteiger partial charge >= 0.3 is 0 Å². The number of aliphatic hydroxyl groups is 1. The second kappa shape index (κ2) is 6.95. The Labute approximate surface area is 135 Å². The molecule has 2 aromatic rings. The summed E-state index contributed by atoms with van der Waals surface area (Å²) >= 11 is 0. The van der Waals surface area contributed by atoms with E-state index in [1.807, 2.05) is 13.8 Å². The van der Waals surface area contributed by atoms with Crippen molar-refractivity contribution in [3.8, 4) is 0 Å². The summed E-state index contributed by atoms with van der Waals surface area (Å²) in [5, 5.41) is 21.3. The first-order valence-corrected chi connectivity index (χ1v) is 7.81. The Kier molecular flexibility index (Phi) is 5.20. The number of rotatable bonds is 7. The minimum atomic E-state index is -1.17. The Balaban J connectivity index is 1.99. The van der Waals surface area contributed by atoms with E-state index in [1.165, 1.54) is 0 Å². The largest absolute Gasteiger partial charge is 0.383 e. The lowest BCUT2D eigenvalue weighted by Crippen LogP contribution is -2.39. The van der Waals surface area contributed by atoms with Crippen molar-refractivity contribution >= 4 is 5.91 Å². The number of hydrogen-bond acceptors (Lipinski definition) is 5. The van der Waals surface area contributed by atoms with Crippen molar-refractivity contribution in [3.63, 3.8) is 0 Å². The van der Waals surface area contributed by atoms with E-state index in [2.05, 4.69) is 15.6 Å². The maximum Gasteiger partial charge on any atom is 0.224 e. The molecule has 0 bridgehead atoms. The van der Waals surface area contributed by atoms with Gasteiger partial charge in [0.15, 0.2) is 0 Å². The molecule has 7 heteroatoms. The van der Waals surface area contributed by atoms with Gasteiger partial charge in [0.1, 0.15) is 11.4 Å². The first-order chi connectivity index (χ1) is 10.9. The van der Waals surface area contributed by atoms with Crippen molar-refractivity contribution in [2.75, 3.05) is 6.54 Å². The SMILES string of the molecule is CCc1noc(CC)c1CC(=O)NCC(C)(O)c1cnn(C)c1. The van der Waals surface area contributed by atoms with Gasteiger partial charge in [-0.05, 0) is 13.3 Å². The molecule has 126 valence electrons. The van der Waals surface area contributed by atoms with Crippen LogP contribution >= 0.6 is 0 Å². The first-order valence-electron chi connectivity index (χ1n) is 7.81. The first kappa shape index (κ1) is 17.2. The van der Waals surface area contributed by atoms with Crippen LogP contribution in [0.3, 0.4) is 0 Å². The molecule has 0 saturated carbocycles. The van der Waals surface area contributed by atoms with Crippen molar-refractivity contribution < 1.29 is 14.4 Å². The van der Waals surface area contributed by atoms with Crippen molar-refractivity contribution in [3.05, 3.63) is 35.0 Å². The Morgan fingerprint density at radius 3 is 2.74 bits per heavy atom. The van der Waals surface area contributed by atoms with Crippen LogP contribution in [0, 0.1) is 0 Å². The average Bonchev–Trinajstić information content (AvgIpc) is 3.11. The fourth-order valence-electron chi connectivity index (χ4n) is 2.43. The highest BCUT2D eigenvalue weighted by Gasteiger charge is 2.26. The maximum atomic E-state index is 12.2.